The van der Waals surface area contributed by atoms with Crippen molar-refractivity contribution >= 4 is 61.8 Å². The molecule has 0 radical (unpaired) electrons. The van der Waals surface area contributed by atoms with E-state index in [4.69, 9.17) is 17.0 Å². The van der Waals surface area contributed by atoms with Crippen molar-refractivity contribution < 1.29 is 22.7 Å². The Hall–Kier alpha value is -5.06. The molecule has 0 unspecified atom stereocenters. The molecule has 4 aromatic carbocycles. The van der Waals surface area contributed by atoms with Gasteiger partial charge in [0, 0.05) is 17.1 Å². The van der Waals surface area contributed by atoms with Crippen LogP contribution in [0.25, 0.3) is 17.0 Å². The van der Waals surface area contributed by atoms with E-state index in [0.717, 1.165) is 5.56 Å². The topological polar surface area (TPSA) is 97.7 Å². The number of para-hydroxylation sites is 2. The highest BCUT2D eigenvalue weighted by Gasteiger charge is 2.35. The number of hydrogen-bond acceptors (Lipinski definition) is 6. The molecule has 0 spiro atoms. The number of aromatic nitrogens is 1. The van der Waals surface area contributed by atoms with Gasteiger partial charge >= 0.3 is 0 Å². The molecular formula is C32H23N3O5S2. The maximum absolute atomic E-state index is 13.7. The zero-order chi connectivity index (χ0) is 29.4. The number of benzene rings is 4. The fourth-order valence-corrected chi connectivity index (χ4v) is 6.31. The molecule has 208 valence electrons. The first-order valence-corrected chi connectivity index (χ1v) is 14.7. The maximum Gasteiger partial charge on any atom is 0.270 e. The Balaban J connectivity index is 1.36. The van der Waals surface area contributed by atoms with Crippen molar-refractivity contribution in [1.29, 1.82) is 0 Å². The number of hydrogen-bond donors (Lipinski definition) is 1. The monoisotopic (exact) mass is 593 g/mol. The molecule has 1 aliphatic heterocycles. The molecule has 1 aliphatic rings. The second-order valence-electron chi connectivity index (χ2n) is 9.58. The average molecular weight is 594 g/mol. The molecule has 1 N–H and O–H groups in total. The van der Waals surface area contributed by atoms with Gasteiger partial charge in [-0.05, 0) is 79.8 Å². The van der Waals surface area contributed by atoms with E-state index >= 15 is 0 Å². The standard InChI is InChI=1S/C32H23N3O5S2/c1-21-11-17-26(18-12-21)42(38,39)34-20-22(27-9-5-6-10-29(27)34)19-28-30(36)33-32(41)35(31(28)37)23-13-15-25(16-14-23)40-24-7-3-2-4-8-24/h2-20H,1H3,(H,33,36,41)/b28-19+. The lowest BCUT2D eigenvalue weighted by Crippen LogP contribution is -2.54. The van der Waals surface area contributed by atoms with Crippen LogP contribution in [0.3, 0.4) is 0 Å². The lowest BCUT2D eigenvalue weighted by atomic mass is 10.1. The van der Waals surface area contributed by atoms with Gasteiger partial charge in [-0.3, -0.25) is 19.8 Å². The minimum atomic E-state index is -3.96. The van der Waals surface area contributed by atoms with Gasteiger partial charge in [-0.1, -0.05) is 54.1 Å². The van der Waals surface area contributed by atoms with E-state index in [-0.39, 0.29) is 15.6 Å². The molecule has 10 heteroatoms. The third kappa shape index (κ3) is 4.98. The summed E-state index contributed by atoms with van der Waals surface area (Å²) in [5, 5.41) is 3.06. The van der Waals surface area contributed by atoms with Crippen molar-refractivity contribution in [2.75, 3.05) is 4.90 Å². The number of amides is 2. The maximum atomic E-state index is 13.7. The first kappa shape index (κ1) is 27.1. The van der Waals surface area contributed by atoms with Crippen LogP contribution in [0.5, 0.6) is 11.5 Å². The molecule has 0 bridgehead atoms. The minimum absolute atomic E-state index is 0.0664. The van der Waals surface area contributed by atoms with Crippen molar-refractivity contribution in [2.45, 2.75) is 11.8 Å². The third-order valence-corrected chi connectivity index (χ3v) is 8.73. The van der Waals surface area contributed by atoms with E-state index in [1.807, 2.05) is 37.3 Å². The minimum Gasteiger partial charge on any atom is -0.457 e. The molecule has 5 aromatic rings. The summed E-state index contributed by atoms with van der Waals surface area (Å²) in [6.07, 6.45) is 2.81. The molecule has 6 rings (SSSR count). The summed E-state index contributed by atoms with van der Waals surface area (Å²) < 4.78 is 34.1. The molecule has 0 aliphatic carbocycles. The van der Waals surface area contributed by atoms with Crippen molar-refractivity contribution in [1.82, 2.24) is 9.29 Å². The predicted octanol–water partition coefficient (Wildman–Crippen LogP) is 5.81. The SMILES string of the molecule is Cc1ccc(S(=O)(=O)n2cc(/C=C3\C(=O)NC(=S)N(c4ccc(Oc5ccccc5)cc4)C3=O)c3ccccc32)cc1. The van der Waals surface area contributed by atoms with E-state index in [9.17, 15) is 18.0 Å². The van der Waals surface area contributed by atoms with Gasteiger partial charge < -0.3 is 4.74 Å². The highest BCUT2D eigenvalue weighted by Crippen LogP contribution is 2.30. The van der Waals surface area contributed by atoms with Gasteiger partial charge in [0.25, 0.3) is 21.8 Å². The van der Waals surface area contributed by atoms with Crippen LogP contribution in [0, 0.1) is 6.92 Å². The summed E-state index contributed by atoms with van der Waals surface area (Å²) in [4.78, 5) is 28.0. The summed E-state index contributed by atoms with van der Waals surface area (Å²) in [6.45, 7) is 1.87. The lowest BCUT2D eigenvalue weighted by molar-refractivity contribution is -0.122. The van der Waals surface area contributed by atoms with E-state index in [1.165, 1.54) is 21.1 Å². The molecule has 1 fully saturated rings. The number of thiocarbonyl (C=S) groups is 1. The number of nitrogens with one attached hydrogen (secondary N) is 1. The molecular weight excluding hydrogens is 571 g/mol. The quantitative estimate of drug-likeness (QED) is 0.152. The second-order valence-corrected chi connectivity index (χ2v) is 11.8. The van der Waals surface area contributed by atoms with Crippen molar-refractivity contribution in [3.05, 3.63) is 126 Å². The van der Waals surface area contributed by atoms with E-state index in [2.05, 4.69) is 5.32 Å². The summed E-state index contributed by atoms with van der Waals surface area (Å²) in [5.41, 5.74) is 1.97. The van der Waals surface area contributed by atoms with E-state index in [1.54, 1.807) is 72.8 Å². The molecule has 1 saturated heterocycles. The number of rotatable bonds is 6. The zero-order valence-electron chi connectivity index (χ0n) is 22.2. The van der Waals surface area contributed by atoms with Gasteiger partial charge in [0.2, 0.25) is 0 Å². The van der Waals surface area contributed by atoms with E-state index in [0.29, 0.717) is 33.7 Å². The fraction of sp³-hybridized carbons (Fsp3) is 0.0312. The summed E-state index contributed by atoms with van der Waals surface area (Å²) >= 11 is 5.34. The first-order valence-electron chi connectivity index (χ1n) is 12.9. The highest BCUT2D eigenvalue weighted by molar-refractivity contribution is 7.90. The highest BCUT2D eigenvalue weighted by atomic mass is 32.2. The molecule has 0 saturated carbocycles. The van der Waals surface area contributed by atoms with Crippen LogP contribution >= 0.6 is 12.2 Å². The van der Waals surface area contributed by atoms with Gasteiger partial charge in [-0.25, -0.2) is 12.4 Å². The Morgan fingerprint density at radius 1 is 0.810 bits per heavy atom. The zero-order valence-corrected chi connectivity index (χ0v) is 23.9. The molecule has 0 atom stereocenters. The Bertz CT molecular complexity index is 2000. The molecule has 2 heterocycles. The molecule has 8 nitrogen and oxygen atoms in total. The Kier molecular flexibility index (Phi) is 6.93. The van der Waals surface area contributed by atoms with Crippen molar-refractivity contribution in [3.63, 3.8) is 0 Å². The third-order valence-electron chi connectivity index (χ3n) is 6.76. The van der Waals surface area contributed by atoms with Crippen LogP contribution in [-0.2, 0) is 19.6 Å². The first-order chi connectivity index (χ1) is 20.2. The Morgan fingerprint density at radius 2 is 1.45 bits per heavy atom. The molecule has 42 heavy (non-hydrogen) atoms. The molecule has 1 aromatic heterocycles. The van der Waals surface area contributed by atoms with Crippen LogP contribution in [0.15, 0.2) is 120 Å². The van der Waals surface area contributed by atoms with Crippen LogP contribution in [0.4, 0.5) is 5.69 Å². The van der Waals surface area contributed by atoms with Crippen molar-refractivity contribution in [2.24, 2.45) is 0 Å². The Labute approximate surface area is 247 Å². The summed E-state index contributed by atoms with van der Waals surface area (Å²) in [7, 11) is -3.96. The summed E-state index contributed by atoms with van der Waals surface area (Å²) in [5.74, 6) is -0.0965. The average Bonchev–Trinajstić information content (AvgIpc) is 3.36. The van der Waals surface area contributed by atoms with Crippen LogP contribution in [-0.4, -0.2) is 29.3 Å². The Morgan fingerprint density at radius 3 is 2.17 bits per heavy atom. The number of anilines is 1. The van der Waals surface area contributed by atoms with Gasteiger partial charge in [-0.2, -0.15) is 0 Å². The number of aryl methyl sites for hydroxylation is 1. The molecule has 2 amide bonds. The number of carbonyl (C=O) groups excluding carboxylic acids is 2. The van der Waals surface area contributed by atoms with Gasteiger partial charge in [0.1, 0.15) is 17.1 Å². The number of ether oxygens (including phenoxy) is 1. The van der Waals surface area contributed by atoms with Gasteiger partial charge in [0.15, 0.2) is 5.11 Å². The van der Waals surface area contributed by atoms with Crippen LogP contribution in [0.1, 0.15) is 11.1 Å². The van der Waals surface area contributed by atoms with Gasteiger partial charge in [-0.15, -0.1) is 0 Å². The van der Waals surface area contributed by atoms with Crippen molar-refractivity contribution in [3.8, 4) is 11.5 Å². The number of carbonyl (C=O) groups is 2. The second kappa shape index (κ2) is 10.7. The van der Waals surface area contributed by atoms with Crippen LogP contribution < -0.4 is 15.0 Å². The predicted molar refractivity (Wildman–Crippen MR) is 165 cm³/mol. The number of fused-ring (bicyclic) bond motifs is 1. The smallest absolute Gasteiger partial charge is 0.270 e. The normalized spacial score (nSPS) is 14.8. The summed E-state index contributed by atoms with van der Waals surface area (Å²) in [6, 6.07) is 29.4. The largest absolute Gasteiger partial charge is 0.457 e. The van der Waals surface area contributed by atoms with E-state index < -0.39 is 21.8 Å². The van der Waals surface area contributed by atoms with Gasteiger partial charge in [0.05, 0.1) is 16.1 Å². The van der Waals surface area contributed by atoms with Crippen LogP contribution in [0.2, 0.25) is 0 Å². The lowest BCUT2D eigenvalue weighted by Gasteiger charge is -2.29. The number of nitrogens with zero attached hydrogens (tertiary/aromatic N) is 2. The fourth-order valence-electron chi connectivity index (χ4n) is 4.65.